The molecule has 0 spiro atoms. The summed E-state index contributed by atoms with van der Waals surface area (Å²) in [5.41, 5.74) is 2.62. The molecule has 9 heteroatoms. The topological polar surface area (TPSA) is 59.3 Å². The monoisotopic (exact) mass is 450 g/mol. The van der Waals surface area contributed by atoms with Crippen molar-refractivity contribution in [1.82, 2.24) is 14.6 Å². The zero-order chi connectivity index (χ0) is 19.7. The molecule has 4 aromatic rings. The Kier molecular flexibility index (Phi) is 5.55. The smallest absolute Gasteiger partial charge is 0.250 e. The first-order valence-corrected chi connectivity index (χ1v) is 10.3. The Labute approximate surface area is 179 Å². The van der Waals surface area contributed by atoms with Gasteiger partial charge in [-0.25, -0.2) is 4.52 Å². The number of amides is 1. The van der Waals surface area contributed by atoms with E-state index in [1.807, 2.05) is 35.7 Å². The number of anilines is 1. The molecule has 0 unspecified atom stereocenters. The van der Waals surface area contributed by atoms with Gasteiger partial charge in [0.2, 0.25) is 16.8 Å². The number of benzene rings is 2. The van der Waals surface area contributed by atoms with Crippen molar-refractivity contribution in [1.29, 1.82) is 0 Å². The number of rotatable bonds is 5. The highest BCUT2D eigenvalue weighted by Crippen LogP contribution is 2.33. The molecule has 0 bridgehead atoms. The van der Waals surface area contributed by atoms with Crippen molar-refractivity contribution in [2.75, 3.05) is 5.32 Å². The first-order valence-electron chi connectivity index (χ1n) is 8.33. The summed E-state index contributed by atoms with van der Waals surface area (Å²) < 4.78 is 1.66. The number of hydrogen-bond donors (Lipinski definition) is 1. The van der Waals surface area contributed by atoms with E-state index in [1.165, 1.54) is 11.3 Å². The standard InChI is InChI=1S/C19H13Cl3N4OS/c20-12-4-1-11(2-5-12)3-8-17(27)23-18-24-19-26(25-18)16(10-28-19)14-7-6-13(21)9-15(14)22/h1-2,4-7,9-10H,3,8H2,(H,23,25,27). The molecular weight excluding hydrogens is 439 g/mol. The minimum Gasteiger partial charge on any atom is -0.293 e. The van der Waals surface area contributed by atoms with Gasteiger partial charge in [-0.05, 0) is 42.3 Å². The maximum absolute atomic E-state index is 12.2. The van der Waals surface area contributed by atoms with Crippen LogP contribution in [-0.4, -0.2) is 20.5 Å². The van der Waals surface area contributed by atoms with Crippen LogP contribution in [-0.2, 0) is 11.2 Å². The van der Waals surface area contributed by atoms with Crippen molar-refractivity contribution in [3.63, 3.8) is 0 Å². The highest BCUT2D eigenvalue weighted by Gasteiger charge is 2.15. The second-order valence-electron chi connectivity index (χ2n) is 6.05. The first-order chi connectivity index (χ1) is 13.5. The lowest BCUT2D eigenvalue weighted by atomic mass is 10.1. The van der Waals surface area contributed by atoms with Gasteiger partial charge in [0.25, 0.3) is 0 Å². The van der Waals surface area contributed by atoms with Gasteiger partial charge in [-0.1, -0.05) is 46.9 Å². The lowest BCUT2D eigenvalue weighted by Crippen LogP contribution is -2.13. The van der Waals surface area contributed by atoms with Crippen LogP contribution in [0.15, 0.2) is 47.8 Å². The number of thiazole rings is 1. The van der Waals surface area contributed by atoms with Gasteiger partial charge in [-0.2, -0.15) is 4.98 Å². The van der Waals surface area contributed by atoms with E-state index in [2.05, 4.69) is 15.4 Å². The maximum Gasteiger partial charge on any atom is 0.250 e. The number of carbonyl (C=O) groups is 1. The summed E-state index contributed by atoms with van der Waals surface area (Å²) >= 11 is 19.6. The zero-order valence-corrected chi connectivity index (χ0v) is 17.4. The maximum atomic E-state index is 12.2. The molecule has 0 saturated carbocycles. The van der Waals surface area contributed by atoms with Crippen LogP contribution in [0, 0.1) is 0 Å². The van der Waals surface area contributed by atoms with Gasteiger partial charge in [0.1, 0.15) is 0 Å². The molecule has 142 valence electrons. The zero-order valence-electron chi connectivity index (χ0n) is 14.3. The van der Waals surface area contributed by atoms with Crippen molar-refractivity contribution in [3.8, 4) is 11.3 Å². The largest absolute Gasteiger partial charge is 0.293 e. The fourth-order valence-electron chi connectivity index (χ4n) is 2.71. The number of nitrogens with zero attached hydrogens (tertiary/aromatic N) is 3. The van der Waals surface area contributed by atoms with Crippen LogP contribution in [0.25, 0.3) is 16.2 Å². The number of fused-ring (bicyclic) bond motifs is 1. The summed E-state index contributed by atoms with van der Waals surface area (Å²) in [4.78, 5) is 17.3. The molecule has 2 aromatic carbocycles. The number of aryl methyl sites for hydroxylation is 1. The molecule has 28 heavy (non-hydrogen) atoms. The van der Waals surface area contributed by atoms with E-state index in [0.29, 0.717) is 32.9 Å². The Morgan fingerprint density at radius 3 is 2.57 bits per heavy atom. The SMILES string of the molecule is O=C(CCc1ccc(Cl)cc1)Nc1nc2scc(-c3ccc(Cl)cc3Cl)n2n1. The number of nitrogens with one attached hydrogen (secondary N) is 1. The Hall–Kier alpha value is -2.12. The van der Waals surface area contributed by atoms with E-state index in [4.69, 9.17) is 34.8 Å². The predicted octanol–water partition coefficient (Wildman–Crippen LogP) is 5.99. The van der Waals surface area contributed by atoms with Crippen molar-refractivity contribution in [2.45, 2.75) is 12.8 Å². The van der Waals surface area contributed by atoms with Crippen molar-refractivity contribution < 1.29 is 4.79 Å². The highest BCUT2D eigenvalue weighted by atomic mass is 35.5. The van der Waals surface area contributed by atoms with Crippen LogP contribution in [0.4, 0.5) is 5.95 Å². The molecule has 0 radical (unpaired) electrons. The van der Waals surface area contributed by atoms with E-state index in [0.717, 1.165) is 16.8 Å². The van der Waals surface area contributed by atoms with Gasteiger partial charge in [0.15, 0.2) is 0 Å². The lowest BCUT2D eigenvalue weighted by Gasteiger charge is -2.03. The number of halogens is 3. The minimum atomic E-state index is -0.153. The second-order valence-corrected chi connectivity index (χ2v) is 8.17. The molecular formula is C19H13Cl3N4OS. The van der Waals surface area contributed by atoms with Gasteiger partial charge in [-0.3, -0.25) is 10.1 Å². The third-order valence-corrected chi connectivity index (χ3v) is 5.71. The second kappa shape index (κ2) is 8.09. The summed E-state index contributed by atoms with van der Waals surface area (Å²) in [6, 6.07) is 12.7. The average Bonchev–Trinajstić information content (AvgIpc) is 3.22. The fourth-order valence-corrected chi connectivity index (χ4v) is 4.17. The van der Waals surface area contributed by atoms with Gasteiger partial charge < -0.3 is 0 Å². The highest BCUT2D eigenvalue weighted by molar-refractivity contribution is 7.15. The molecule has 0 aliphatic rings. The molecule has 2 aromatic heterocycles. The molecule has 0 fully saturated rings. The summed E-state index contributed by atoms with van der Waals surface area (Å²) in [6.07, 6.45) is 0.932. The van der Waals surface area contributed by atoms with E-state index in [9.17, 15) is 4.79 Å². The van der Waals surface area contributed by atoms with Crippen LogP contribution >= 0.6 is 46.1 Å². The Balaban J connectivity index is 1.48. The Bertz CT molecular complexity index is 1150. The Morgan fingerprint density at radius 1 is 1.07 bits per heavy atom. The van der Waals surface area contributed by atoms with Crippen molar-refractivity contribution in [2.24, 2.45) is 0 Å². The van der Waals surface area contributed by atoms with Gasteiger partial charge in [-0.15, -0.1) is 16.4 Å². The quantitative estimate of drug-likeness (QED) is 0.405. The molecule has 0 saturated heterocycles. The molecule has 0 aliphatic heterocycles. The number of aromatic nitrogens is 3. The molecule has 2 heterocycles. The summed E-state index contributed by atoms with van der Waals surface area (Å²) in [7, 11) is 0. The van der Waals surface area contributed by atoms with Crippen molar-refractivity contribution in [3.05, 3.63) is 68.5 Å². The molecule has 1 N–H and O–H groups in total. The van der Waals surface area contributed by atoms with Crippen LogP contribution in [0.5, 0.6) is 0 Å². The third kappa shape index (κ3) is 4.15. The van der Waals surface area contributed by atoms with Crippen LogP contribution in [0.3, 0.4) is 0 Å². The minimum absolute atomic E-state index is 0.153. The lowest BCUT2D eigenvalue weighted by molar-refractivity contribution is -0.116. The molecule has 0 atom stereocenters. The average molecular weight is 452 g/mol. The van der Waals surface area contributed by atoms with E-state index >= 15 is 0 Å². The van der Waals surface area contributed by atoms with Crippen LogP contribution in [0.1, 0.15) is 12.0 Å². The molecule has 0 aliphatic carbocycles. The summed E-state index contributed by atoms with van der Waals surface area (Å²) in [6.45, 7) is 0. The number of hydrogen-bond acceptors (Lipinski definition) is 4. The summed E-state index contributed by atoms with van der Waals surface area (Å²) in [5, 5.41) is 10.8. The normalized spacial score (nSPS) is 11.1. The van der Waals surface area contributed by atoms with Gasteiger partial charge in [0.05, 0.1) is 10.7 Å². The van der Waals surface area contributed by atoms with E-state index < -0.39 is 0 Å². The van der Waals surface area contributed by atoms with Gasteiger partial charge >= 0.3 is 0 Å². The molecule has 4 rings (SSSR count). The van der Waals surface area contributed by atoms with Crippen LogP contribution < -0.4 is 5.32 Å². The number of carbonyl (C=O) groups excluding carboxylic acids is 1. The summed E-state index contributed by atoms with van der Waals surface area (Å²) in [5.74, 6) is 0.110. The molecule has 5 nitrogen and oxygen atoms in total. The van der Waals surface area contributed by atoms with Gasteiger partial charge in [0, 0.05) is 27.4 Å². The molecule has 1 amide bonds. The van der Waals surface area contributed by atoms with Crippen LogP contribution in [0.2, 0.25) is 15.1 Å². The third-order valence-electron chi connectivity index (χ3n) is 4.09. The van der Waals surface area contributed by atoms with E-state index in [-0.39, 0.29) is 11.9 Å². The van der Waals surface area contributed by atoms with Crippen molar-refractivity contribution >= 4 is 63.0 Å². The Morgan fingerprint density at radius 2 is 1.82 bits per heavy atom. The van der Waals surface area contributed by atoms with E-state index in [1.54, 1.807) is 16.6 Å². The fraction of sp³-hybridized carbons (Fsp3) is 0.105. The predicted molar refractivity (Wildman–Crippen MR) is 115 cm³/mol. The first kappa shape index (κ1) is 19.2.